The van der Waals surface area contributed by atoms with Crippen molar-refractivity contribution in [2.24, 2.45) is 11.8 Å². The van der Waals surface area contributed by atoms with Crippen LogP contribution in [0.5, 0.6) is 0 Å². The largest absolute Gasteiger partial charge is 0.325 e. The maximum atomic E-state index is 12.4. The Morgan fingerprint density at radius 3 is 2.77 bits per heavy atom. The molecule has 22 heavy (non-hydrogen) atoms. The number of aryl methyl sites for hydroxylation is 2. The second kappa shape index (κ2) is 6.82. The molecule has 1 aliphatic carbocycles. The van der Waals surface area contributed by atoms with Crippen LogP contribution in [0.15, 0.2) is 18.2 Å². The maximum absolute atomic E-state index is 12.4. The molecule has 120 valence electrons. The van der Waals surface area contributed by atoms with E-state index < -0.39 is 0 Å². The molecule has 0 spiro atoms. The van der Waals surface area contributed by atoms with E-state index in [0.29, 0.717) is 6.54 Å². The molecule has 0 radical (unpaired) electrons. The summed E-state index contributed by atoms with van der Waals surface area (Å²) in [6, 6.07) is 6.21. The summed E-state index contributed by atoms with van der Waals surface area (Å²) >= 11 is 0. The SMILES string of the molecule is Cc1ccc(C)c(NC(=O)CN2CC[C@H]3CCCC[C@@H]3C2)c1. The van der Waals surface area contributed by atoms with Gasteiger partial charge in [0.25, 0.3) is 0 Å². The van der Waals surface area contributed by atoms with Crippen molar-refractivity contribution in [3.8, 4) is 0 Å². The monoisotopic (exact) mass is 300 g/mol. The van der Waals surface area contributed by atoms with Crippen molar-refractivity contribution in [3.63, 3.8) is 0 Å². The van der Waals surface area contributed by atoms with Gasteiger partial charge in [0.05, 0.1) is 6.54 Å². The minimum atomic E-state index is 0.128. The number of likely N-dealkylation sites (tertiary alicyclic amines) is 1. The first kappa shape index (κ1) is 15.5. The van der Waals surface area contributed by atoms with Crippen LogP contribution in [0.1, 0.15) is 43.2 Å². The molecule has 3 rings (SSSR count). The fraction of sp³-hybridized carbons (Fsp3) is 0.632. The molecular formula is C19H28N2O. The van der Waals surface area contributed by atoms with Gasteiger partial charge in [0.1, 0.15) is 0 Å². The van der Waals surface area contributed by atoms with Crippen LogP contribution in [0.4, 0.5) is 5.69 Å². The van der Waals surface area contributed by atoms with Crippen LogP contribution in [0.25, 0.3) is 0 Å². The van der Waals surface area contributed by atoms with Gasteiger partial charge in [-0.05, 0) is 62.3 Å². The lowest BCUT2D eigenvalue weighted by molar-refractivity contribution is -0.118. The fourth-order valence-electron chi connectivity index (χ4n) is 4.08. The number of fused-ring (bicyclic) bond motifs is 1. The molecule has 2 aliphatic rings. The predicted octanol–water partition coefficient (Wildman–Crippen LogP) is 3.75. The number of amides is 1. The van der Waals surface area contributed by atoms with Gasteiger partial charge in [-0.2, -0.15) is 0 Å². The second-order valence-electron chi connectivity index (χ2n) is 7.19. The summed E-state index contributed by atoms with van der Waals surface area (Å²) < 4.78 is 0. The minimum absolute atomic E-state index is 0.128. The topological polar surface area (TPSA) is 32.3 Å². The van der Waals surface area contributed by atoms with Crippen LogP contribution < -0.4 is 5.32 Å². The maximum Gasteiger partial charge on any atom is 0.238 e. The Labute approximate surface area is 134 Å². The van der Waals surface area contributed by atoms with E-state index in [1.165, 1.54) is 37.7 Å². The Balaban J connectivity index is 1.54. The highest BCUT2D eigenvalue weighted by Gasteiger charge is 2.31. The predicted molar refractivity (Wildman–Crippen MR) is 91.1 cm³/mol. The smallest absolute Gasteiger partial charge is 0.238 e. The van der Waals surface area contributed by atoms with E-state index in [1.807, 2.05) is 6.92 Å². The van der Waals surface area contributed by atoms with Gasteiger partial charge in [-0.25, -0.2) is 0 Å². The summed E-state index contributed by atoms with van der Waals surface area (Å²) in [4.78, 5) is 14.7. The van der Waals surface area contributed by atoms with Crippen molar-refractivity contribution < 1.29 is 4.79 Å². The number of carbonyl (C=O) groups is 1. The Bertz CT molecular complexity index is 540. The summed E-state index contributed by atoms with van der Waals surface area (Å²) in [7, 11) is 0. The lowest BCUT2D eigenvalue weighted by Crippen LogP contribution is -2.44. The highest BCUT2D eigenvalue weighted by molar-refractivity contribution is 5.93. The minimum Gasteiger partial charge on any atom is -0.325 e. The number of carbonyl (C=O) groups excluding carboxylic acids is 1. The Morgan fingerprint density at radius 2 is 1.95 bits per heavy atom. The van der Waals surface area contributed by atoms with Gasteiger partial charge in [-0.15, -0.1) is 0 Å². The van der Waals surface area contributed by atoms with Crippen LogP contribution in [0.2, 0.25) is 0 Å². The summed E-state index contributed by atoms with van der Waals surface area (Å²) in [5.74, 6) is 1.88. The number of anilines is 1. The van der Waals surface area contributed by atoms with E-state index in [-0.39, 0.29) is 5.91 Å². The molecule has 3 heteroatoms. The fourth-order valence-corrected chi connectivity index (χ4v) is 4.08. The molecule has 2 fully saturated rings. The van der Waals surface area contributed by atoms with Crippen molar-refractivity contribution in [1.82, 2.24) is 4.90 Å². The van der Waals surface area contributed by atoms with Crippen molar-refractivity contribution in [2.45, 2.75) is 46.0 Å². The third kappa shape index (κ3) is 3.70. The third-order valence-electron chi connectivity index (χ3n) is 5.41. The number of nitrogens with zero attached hydrogens (tertiary/aromatic N) is 1. The summed E-state index contributed by atoms with van der Waals surface area (Å²) in [6.07, 6.45) is 6.84. The van der Waals surface area contributed by atoms with E-state index in [9.17, 15) is 4.79 Å². The molecule has 0 unspecified atom stereocenters. The van der Waals surface area contributed by atoms with Gasteiger partial charge in [-0.3, -0.25) is 9.69 Å². The number of nitrogens with one attached hydrogen (secondary N) is 1. The molecule has 1 amide bonds. The van der Waals surface area contributed by atoms with Crippen molar-refractivity contribution >= 4 is 11.6 Å². The number of benzene rings is 1. The van der Waals surface area contributed by atoms with Crippen LogP contribution in [-0.2, 0) is 4.79 Å². The van der Waals surface area contributed by atoms with Crippen LogP contribution in [-0.4, -0.2) is 30.4 Å². The molecule has 1 N–H and O–H groups in total. The van der Waals surface area contributed by atoms with Crippen molar-refractivity contribution in [3.05, 3.63) is 29.3 Å². The summed E-state index contributed by atoms with van der Waals surface area (Å²) in [6.45, 7) is 6.84. The molecule has 1 heterocycles. The molecule has 0 bridgehead atoms. The molecule has 1 aliphatic heterocycles. The van der Waals surface area contributed by atoms with Gasteiger partial charge in [0.15, 0.2) is 0 Å². The van der Waals surface area contributed by atoms with E-state index >= 15 is 0 Å². The first-order chi connectivity index (χ1) is 10.6. The van der Waals surface area contributed by atoms with Gasteiger partial charge in [0.2, 0.25) is 5.91 Å². The molecule has 1 saturated carbocycles. The molecule has 1 aromatic carbocycles. The molecule has 2 atom stereocenters. The lowest BCUT2D eigenvalue weighted by Gasteiger charge is -2.41. The van der Waals surface area contributed by atoms with Crippen molar-refractivity contribution in [2.75, 3.05) is 25.0 Å². The zero-order valence-corrected chi connectivity index (χ0v) is 13.9. The molecular weight excluding hydrogens is 272 g/mol. The number of hydrogen-bond donors (Lipinski definition) is 1. The standard InChI is InChI=1S/C19H28N2O/c1-14-7-8-15(2)18(11-14)20-19(22)13-21-10-9-16-5-3-4-6-17(16)12-21/h7-8,11,16-17H,3-6,9-10,12-13H2,1-2H3,(H,20,22)/t16-,17-/m1/s1. The Morgan fingerprint density at radius 1 is 1.18 bits per heavy atom. The lowest BCUT2D eigenvalue weighted by atomic mass is 9.75. The van der Waals surface area contributed by atoms with Crippen molar-refractivity contribution in [1.29, 1.82) is 0 Å². The van der Waals surface area contributed by atoms with E-state index in [2.05, 4.69) is 35.3 Å². The number of hydrogen-bond acceptors (Lipinski definition) is 2. The van der Waals surface area contributed by atoms with Gasteiger partial charge < -0.3 is 5.32 Å². The van der Waals surface area contributed by atoms with Crippen LogP contribution in [0, 0.1) is 25.7 Å². The molecule has 0 aromatic heterocycles. The average molecular weight is 300 g/mol. The summed E-state index contributed by atoms with van der Waals surface area (Å²) in [5, 5.41) is 3.09. The number of rotatable bonds is 3. The Hall–Kier alpha value is -1.35. The Kier molecular flexibility index (Phi) is 4.82. The van der Waals surface area contributed by atoms with Crippen LogP contribution >= 0.6 is 0 Å². The van der Waals surface area contributed by atoms with Crippen LogP contribution in [0.3, 0.4) is 0 Å². The van der Waals surface area contributed by atoms with E-state index in [1.54, 1.807) is 0 Å². The third-order valence-corrected chi connectivity index (χ3v) is 5.41. The zero-order chi connectivity index (χ0) is 15.5. The average Bonchev–Trinajstić information content (AvgIpc) is 2.51. The van der Waals surface area contributed by atoms with Gasteiger partial charge >= 0.3 is 0 Å². The highest BCUT2D eigenvalue weighted by atomic mass is 16.2. The highest BCUT2D eigenvalue weighted by Crippen LogP contribution is 2.35. The van der Waals surface area contributed by atoms with Gasteiger partial charge in [-0.1, -0.05) is 31.4 Å². The normalized spacial score (nSPS) is 25.5. The first-order valence-corrected chi connectivity index (χ1v) is 8.71. The molecule has 1 aromatic rings. The second-order valence-corrected chi connectivity index (χ2v) is 7.19. The quantitative estimate of drug-likeness (QED) is 0.922. The summed E-state index contributed by atoms with van der Waals surface area (Å²) in [5.41, 5.74) is 3.27. The molecule has 3 nitrogen and oxygen atoms in total. The molecule has 1 saturated heterocycles. The van der Waals surface area contributed by atoms with E-state index in [0.717, 1.165) is 36.2 Å². The zero-order valence-electron chi connectivity index (χ0n) is 13.9. The van der Waals surface area contributed by atoms with E-state index in [4.69, 9.17) is 0 Å². The number of piperidine rings is 1. The first-order valence-electron chi connectivity index (χ1n) is 8.71. The van der Waals surface area contributed by atoms with Gasteiger partial charge in [0, 0.05) is 12.2 Å².